The summed E-state index contributed by atoms with van der Waals surface area (Å²) in [6.07, 6.45) is 0. The van der Waals surface area contributed by atoms with Crippen molar-refractivity contribution in [1.29, 1.82) is 0 Å². The number of benzene rings is 1. The Hall–Kier alpha value is -1.40. The Bertz CT molecular complexity index is 566. The van der Waals surface area contributed by atoms with Crippen molar-refractivity contribution < 1.29 is 9.53 Å². The van der Waals surface area contributed by atoms with Crippen molar-refractivity contribution in [2.45, 2.75) is 6.92 Å². The van der Waals surface area contributed by atoms with Crippen molar-refractivity contribution >= 4 is 44.1 Å². The van der Waals surface area contributed by atoms with Crippen molar-refractivity contribution in [1.82, 2.24) is 4.98 Å². The van der Waals surface area contributed by atoms with Gasteiger partial charge in [-0.25, -0.2) is 9.78 Å². The number of esters is 1. The van der Waals surface area contributed by atoms with Crippen LogP contribution in [0.25, 0.3) is 0 Å². The molecule has 1 aromatic carbocycles. The normalized spacial score (nSPS) is 10.2. The Kier molecular flexibility index (Phi) is 3.98. The molecule has 0 aliphatic rings. The summed E-state index contributed by atoms with van der Waals surface area (Å²) in [5.41, 5.74) is 1.28. The predicted octanol–water partition coefficient (Wildman–Crippen LogP) is 3.74. The van der Waals surface area contributed by atoms with Crippen LogP contribution in [0.15, 0.2) is 28.7 Å². The van der Waals surface area contributed by atoms with E-state index >= 15 is 0 Å². The molecule has 6 heteroatoms. The molecule has 0 atom stereocenters. The number of aryl methyl sites for hydroxylation is 1. The van der Waals surface area contributed by atoms with Crippen LogP contribution in [0.4, 0.5) is 10.8 Å². The van der Waals surface area contributed by atoms with Crippen LogP contribution in [0.3, 0.4) is 0 Å². The highest BCUT2D eigenvalue weighted by Gasteiger charge is 2.15. The van der Waals surface area contributed by atoms with E-state index in [2.05, 4.69) is 31.0 Å². The monoisotopic (exact) mass is 326 g/mol. The molecule has 2 aromatic rings. The Morgan fingerprint density at radius 2 is 2.06 bits per heavy atom. The number of nitrogens with one attached hydrogen (secondary N) is 1. The summed E-state index contributed by atoms with van der Waals surface area (Å²) >= 11 is 4.80. The summed E-state index contributed by atoms with van der Waals surface area (Å²) in [7, 11) is 1.35. The van der Waals surface area contributed by atoms with Gasteiger partial charge in [-0.2, -0.15) is 0 Å². The number of carbonyl (C=O) groups excluding carboxylic acids is 1. The van der Waals surface area contributed by atoms with Gasteiger partial charge in [0.1, 0.15) is 0 Å². The minimum atomic E-state index is -0.410. The second-order valence-corrected chi connectivity index (χ2v) is 5.67. The maximum atomic E-state index is 11.4. The smallest absolute Gasteiger partial charge is 0.357 e. The Morgan fingerprint density at radius 3 is 2.67 bits per heavy atom. The van der Waals surface area contributed by atoms with Gasteiger partial charge < -0.3 is 10.1 Å². The van der Waals surface area contributed by atoms with Gasteiger partial charge in [-0.1, -0.05) is 15.9 Å². The molecule has 2 rings (SSSR count). The van der Waals surface area contributed by atoms with E-state index in [9.17, 15) is 4.79 Å². The lowest BCUT2D eigenvalue weighted by atomic mass is 10.3. The average Bonchev–Trinajstić information content (AvgIpc) is 2.72. The number of hydrogen-bond donors (Lipinski definition) is 1. The summed E-state index contributed by atoms with van der Waals surface area (Å²) in [6.45, 7) is 1.84. The molecule has 0 radical (unpaired) electrons. The zero-order chi connectivity index (χ0) is 13.1. The fourth-order valence-corrected chi connectivity index (χ4v) is 2.48. The lowest BCUT2D eigenvalue weighted by Gasteiger charge is -2.01. The van der Waals surface area contributed by atoms with Crippen LogP contribution in [0.5, 0.6) is 0 Å². The zero-order valence-electron chi connectivity index (χ0n) is 9.86. The first-order chi connectivity index (χ1) is 8.60. The number of nitrogens with zero attached hydrogens (tertiary/aromatic N) is 1. The van der Waals surface area contributed by atoms with Gasteiger partial charge in [-0.15, -0.1) is 11.3 Å². The molecule has 0 amide bonds. The first-order valence-corrected chi connectivity index (χ1v) is 6.79. The van der Waals surface area contributed by atoms with Crippen molar-refractivity contribution in [2.75, 3.05) is 12.4 Å². The van der Waals surface area contributed by atoms with Crippen molar-refractivity contribution in [3.63, 3.8) is 0 Å². The summed E-state index contributed by atoms with van der Waals surface area (Å²) in [5.74, 6) is -0.410. The van der Waals surface area contributed by atoms with E-state index in [1.165, 1.54) is 18.4 Å². The molecule has 4 nitrogen and oxygen atoms in total. The standard InChI is InChI=1S/C12H11BrN2O2S/c1-7-10(11(16)17-2)15-12(18-7)14-9-5-3-8(13)4-6-9/h3-6H,1-2H3,(H,14,15). The molecule has 0 saturated heterocycles. The molecule has 94 valence electrons. The zero-order valence-corrected chi connectivity index (χ0v) is 12.3. The topological polar surface area (TPSA) is 51.2 Å². The lowest BCUT2D eigenvalue weighted by Crippen LogP contribution is -2.03. The maximum absolute atomic E-state index is 11.4. The minimum Gasteiger partial charge on any atom is -0.464 e. The maximum Gasteiger partial charge on any atom is 0.357 e. The summed E-state index contributed by atoms with van der Waals surface area (Å²) in [5, 5.41) is 3.83. The fraction of sp³-hybridized carbons (Fsp3) is 0.167. The van der Waals surface area contributed by atoms with Crippen LogP contribution in [0.1, 0.15) is 15.4 Å². The van der Waals surface area contributed by atoms with E-state index in [1.807, 2.05) is 31.2 Å². The number of ether oxygens (including phenoxy) is 1. The first-order valence-electron chi connectivity index (χ1n) is 5.18. The van der Waals surface area contributed by atoms with E-state index < -0.39 is 5.97 Å². The highest BCUT2D eigenvalue weighted by Crippen LogP contribution is 2.26. The highest BCUT2D eigenvalue weighted by molar-refractivity contribution is 9.10. The molecule has 1 heterocycles. The molecule has 1 N–H and O–H groups in total. The number of carbonyl (C=O) groups is 1. The molecule has 0 unspecified atom stereocenters. The van der Waals surface area contributed by atoms with Crippen LogP contribution in [-0.2, 0) is 4.74 Å². The van der Waals surface area contributed by atoms with Crippen LogP contribution in [0.2, 0.25) is 0 Å². The number of rotatable bonds is 3. The minimum absolute atomic E-state index is 0.363. The summed E-state index contributed by atoms with van der Waals surface area (Å²) < 4.78 is 5.68. The van der Waals surface area contributed by atoms with Crippen molar-refractivity contribution in [3.8, 4) is 0 Å². The van der Waals surface area contributed by atoms with Gasteiger partial charge in [-0.05, 0) is 31.2 Å². The van der Waals surface area contributed by atoms with Gasteiger partial charge in [0.25, 0.3) is 0 Å². The second-order valence-electron chi connectivity index (χ2n) is 3.55. The Labute approximate surface area is 117 Å². The van der Waals surface area contributed by atoms with Crippen LogP contribution in [-0.4, -0.2) is 18.1 Å². The Morgan fingerprint density at radius 1 is 1.39 bits per heavy atom. The van der Waals surface area contributed by atoms with Crippen LogP contribution in [0, 0.1) is 6.92 Å². The van der Waals surface area contributed by atoms with E-state index in [0.29, 0.717) is 10.8 Å². The molecule has 0 bridgehead atoms. The largest absolute Gasteiger partial charge is 0.464 e. The third-order valence-corrected chi connectivity index (χ3v) is 3.69. The molecule has 0 spiro atoms. The van der Waals surface area contributed by atoms with Crippen LogP contribution >= 0.6 is 27.3 Å². The van der Waals surface area contributed by atoms with E-state index in [0.717, 1.165) is 15.0 Å². The number of halogens is 1. The average molecular weight is 327 g/mol. The van der Waals surface area contributed by atoms with E-state index in [4.69, 9.17) is 0 Å². The van der Waals surface area contributed by atoms with Gasteiger partial charge in [0.05, 0.1) is 7.11 Å². The van der Waals surface area contributed by atoms with Gasteiger partial charge >= 0.3 is 5.97 Å². The number of methoxy groups -OCH3 is 1. The van der Waals surface area contributed by atoms with E-state index in [1.54, 1.807) is 0 Å². The second kappa shape index (κ2) is 5.49. The summed E-state index contributed by atoms with van der Waals surface area (Å²) in [6, 6.07) is 7.73. The molecule has 0 saturated carbocycles. The van der Waals surface area contributed by atoms with Gasteiger partial charge in [0.2, 0.25) is 0 Å². The SMILES string of the molecule is COC(=O)c1nc(Nc2ccc(Br)cc2)sc1C. The molecule has 1 aromatic heterocycles. The van der Waals surface area contributed by atoms with Gasteiger partial charge in [-0.3, -0.25) is 0 Å². The van der Waals surface area contributed by atoms with Crippen LogP contribution < -0.4 is 5.32 Å². The predicted molar refractivity (Wildman–Crippen MR) is 75.6 cm³/mol. The molecule has 0 fully saturated rings. The number of hydrogen-bond acceptors (Lipinski definition) is 5. The summed E-state index contributed by atoms with van der Waals surface area (Å²) in [4.78, 5) is 16.5. The Balaban J connectivity index is 2.20. The third kappa shape index (κ3) is 2.88. The van der Waals surface area contributed by atoms with Gasteiger partial charge in [0.15, 0.2) is 10.8 Å². The molecule has 0 aliphatic carbocycles. The lowest BCUT2D eigenvalue weighted by molar-refractivity contribution is 0.0594. The third-order valence-electron chi connectivity index (χ3n) is 2.27. The first kappa shape index (κ1) is 13.0. The molecular formula is C12H11BrN2O2S. The van der Waals surface area contributed by atoms with Crippen molar-refractivity contribution in [3.05, 3.63) is 39.3 Å². The molecule has 0 aliphatic heterocycles. The van der Waals surface area contributed by atoms with Crippen molar-refractivity contribution in [2.24, 2.45) is 0 Å². The van der Waals surface area contributed by atoms with Gasteiger partial charge in [0, 0.05) is 15.0 Å². The fourth-order valence-electron chi connectivity index (χ4n) is 1.39. The molecular weight excluding hydrogens is 316 g/mol. The number of thiazole rings is 1. The molecule has 18 heavy (non-hydrogen) atoms. The highest BCUT2D eigenvalue weighted by atomic mass is 79.9. The number of anilines is 2. The van der Waals surface area contributed by atoms with E-state index in [-0.39, 0.29) is 0 Å². The quantitative estimate of drug-likeness (QED) is 0.873. The number of aromatic nitrogens is 1.